The molecule has 2 aromatic carbocycles. The smallest absolute Gasteiger partial charge is 0.269 e. The van der Waals surface area contributed by atoms with Gasteiger partial charge in [0, 0.05) is 23.1 Å². The van der Waals surface area contributed by atoms with E-state index >= 15 is 0 Å². The molecule has 0 spiro atoms. The van der Waals surface area contributed by atoms with E-state index in [1.807, 2.05) is 24.3 Å². The monoisotopic (exact) mass is 383 g/mol. The molecule has 9 heteroatoms. The molecule has 1 atom stereocenters. The summed E-state index contributed by atoms with van der Waals surface area (Å²) >= 11 is 1.27. The highest BCUT2D eigenvalue weighted by atomic mass is 32.1. The fourth-order valence-electron chi connectivity index (χ4n) is 2.56. The second-order valence-corrected chi connectivity index (χ2v) is 6.56. The van der Waals surface area contributed by atoms with E-state index in [0.717, 1.165) is 0 Å². The minimum Gasteiger partial charge on any atom is -0.485 e. The van der Waals surface area contributed by atoms with E-state index in [9.17, 15) is 14.9 Å². The predicted octanol–water partition coefficient (Wildman–Crippen LogP) is 3.82. The first kappa shape index (κ1) is 17.0. The fraction of sp³-hybridized carbons (Fsp3) is 0.111. The molecule has 0 unspecified atom stereocenters. The van der Waals surface area contributed by atoms with Gasteiger partial charge < -0.3 is 9.47 Å². The Morgan fingerprint density at radius 1 is 1.19 bits per heavy atom. The first-order valence-electron chi connectivity index (χ1n) is 8.00. The number of benzene rings is 2. The van der Waals surface area contributed by atoms with Crippen LogP contribution in [0.25, 0.3) is 0 Å². The molecule has 1 aromatic heterocycles. The minimum absolute atomic E-state index is 0.0715. The van der Waals surface area contributed by atoms with Gasteiger partial charge in [-0.3, -0.25) is 20.2 Å². The zero-order valence-electron chi connectivity index (χ0n) is 13.8. The maximum Gasteiger partial charge on any atom is 0.269 e. The van der Waals surface area contributed by atoms with Crippen molar-refractivity contribution in [2.75, 3.05) is 11.9 Å². The number of ether oxygens (including phenoxy) is 2. The molecule has 0 aliphatic carbocycles. The Morgan fingerprint density at radius 2 is 1.93 bits per heavy atom. The van der Waals surface area contributed by atoms with Crippen LogP contribution in [0.4, 0.5) is 10.8 Å². The Morgan fingerprint density at radius 3 is 2.67 bits per heavy atom. The van der Waals surface area contributed by atoms with Gasteiger partial charge in [0.1, 0.15) is 6.61 Å². The van der Waals surface area contributed by atoms with Crippen LogP contribution in [0.1, 0.15) is 22.2 Å². The van der Waals surface area contributed by atoms with Crippen LogP contribution < -0.4 is 14.8 Å². The highest BCUT2D eigenvalue weighted by molar-refractivity contribution is 7.14. The van der Waals surface area contributed by atoms with E-state index in [0.29, 0.717) is 34.5 Å². The van der Waals surface area contributed by atoms with Gasteiger partial charge in [-0.2, -0.15) is 0 Å². The number of para-hydroxylation sites is 2. The third-order valence-electron chi connectivity index (χ3n) is 3.92. The Labute approximate surface area is 157 Å². The van der Waals surface area contributed by atoms with Crippen LogP contribution in [0.3, 0.4) is 0 Å². The van der Waals surface area contributed by atoms with Gasteiger partial charge in [-0.1, -0.05) is 12.1 Å². The predicted molar refractivity (Wildman–Crippen MR) is 98.5 cm³/mol. The van der Waals surface area contributed by atoms with Gasteiger partial charge in [0.15, 0.2) is 22.7 Å². The molecule has 136 valence electrons. The maximum absolute atomic E-state index is 12.3. The van der Waals surface area contributed by atoms with E-state index in [-0.39, 0.29) is 11.8 Å². The summed E-state index contributed by atoms with van der Waals surface area (Å²) in [5, 5.41) is 15.6. The number of amides is 1. The maximum atomic E-state index is 12.3. The quantitative estimate of drug-likeness (QED) is 0.543. The SMILES string of the molecule is O=C(Nc1nc([C@@H]2COc3ccccc3O2)cs1)c1ccc([N+](=O)[O-])cc1. The zero-order valence-corrected chi connectivity index (χ0v) is 14.6. The normalized spacial score (nSPS) is 15.2. The molecule has 27 heavy (non-hydrogen) atoms. The standard InChI is InChI=1S/C18H13N3O5S/c22-17(11-5-7-12(8-6-11)21(23)24)20-18-19-13(10-27-18)16-9-25-14-3-1-2-4-15(14)26-16/h1-8,10,16H,9H2,(H,19,20,22)/t16-/m0/s1. The number of hydrogen-bond acceptors (Lipinski definition) is 7. The lowest BCUT2D eigenvalue weighted by Crippen LogP contribution is -2.22. The van der Waals surface area contributed by atoms with Crippen LogP contribution in [-0.2, 0) is 0 Å². The van der Waals surface area contributed by atoms with Crippen molar-refractivity contribution in [1.82, 2.24) is 4.98 Å². The molecule has 0 bridgehead atoms. The molecule has 1 amide bonds. The summed E-state index contributed by atoms with van der Waals surface area (Å²) in [6, 6.07) is 12.8. The van der Waals surface area contributed by atoms with Crippen molar-refractivity contribution in [3.63, 3.8) is 0 Å². The van der Waals surface area contributed by atoms with Crippen molar-refractivity contribution in [3.05, 3.63) is 75.3 Å². The molecule has 1 aliphatic rings. The highest BCUT2D eigenvalue weighted by Crippen LogP contribution is 2.36. The van der Waals surface area contributed by atoms with E-state index in [1.54, 1.807) is 5.38 Å². The van der Waals surface area contributed by atoms with Gasteiger partial charge in [-0.25, -0.2) is 4.98 Å². The highest BCUT2D eigenvalue weighted by Gasteiger charge is 2.24. The number of nitro benzene ring substituents is 1. The lowest BCUT2D eigenvalue weighted by Gasteiger charge is -2.25. The largest absolute Gasteiger partial charge is 0.485 e. The Balaban J connectivity index is 1.44. The molecule has 0 saturated heterocycles. The number of aromatic nitrogens is 1. The number of thiazole rings is 1. The van der Waals surface area contributed by atoms with Crippen molar-refractivity contribution in [2.45, 2.75) is 6.10 Å². The Hall–Kier alpha value is -3.46. The molecule has 2 heterocycles. The van der Waals surface area contributed by atoms with Gasteiger partial charge in [0.2, 0.25) is 0 Å². The molecule has 0 saturated carbocycles. The van der Waals surface area contributed by atoms with E-state index in [1.165, 1.54) is 35.6 Å². The first-order chi connectivity index (χ1) is 13.1. The van der Waals surface area contributed by atoms with Crippen LogP contribution >= 0.6 is 11.3 Å². The molecular weight excluding hydrogens is 370 g/mol. The van der Waals surface area contributed by atoms with Crippen LogP contribution in [0.5, 0.6) is 11.5 Å². The van der Waals surface area contributed by atoms with Gasteiger partial charge >= 0.3 is 0 Å². The van der Waals surface area contributed by atoms with Crippen LogP contribution in [0.15, 0.2) is 53.9 Å². The second kappa shape index (κ2) is 7.04. The summed E-state index contributed by atoms with van der Waals surface area (Å²) in [5.41, 5.74) is 0.898. The third-order valence-corrected chi connectivity index (χ3v) is 4.70. The number of fused-ring (bicyclic) bond motifs is 1. The molecule has 1 N–H and O–H groups in total. The summed E-state index contributed by atoms with van der Waals surface area (Å²) in [6.45, 7) is 0.330. The number of carbonyl (C=O) groups excluding carboxylic acids is 1. The summed E-state index contributed by atoms with van der Waals surface area (Å²) in [5.74, 6) is 0.950. The van der Waals surface area contributed by atoms with Gasteiger partial charge in [0.25, 0.3) is 11.6 Å². The van der Waals surface area contributed by atoms with Crippen molar-refractivity contribution in [3.8, 4) is 11.5 Å². The average Bonchev–Trinajstić information content (AvgIpc) is 3.16. The lowest BCUT2D eigenvalue weighted by molar-refractivity contribution is -0.384. The Bertz CT molecular complexity index is 1000. The van der Waals surface area contributed by atoms with Crippen LogP contribution in [0.2, 0.25) is 0 Å². The topological polar surface area (TPSA) is 104 Å². The van der Waals surface area contributed by atoms with Crippen molar-refractivity contribution in [1.29, 1.82) is 0 Å². The third kappa shape index (κ3) is 3.58. The van der Waals surface area contributed by atoms with Gasteiger partial charge in [-0.15, -0.1) is 11.3 Å². The van der Waals surface area contributed by atoms with Gasteiger partial charge in [-0.05, 0) is 24.3 Å². The summed E-state index contributed by atoms with van der Waals surface area (Å²) < 4.78 is 11.6. The minimum atomic E-state index is -0.515. The molecule has 0 fully saturated rings. The number of nitrogens with one attached hydrogen (secondary N) is 1. The van der Waals surface area contributed by atoms with Crippen molar-refractivity contribution >= 4 is 28.1 Å². The second-order valence-electron chi connectivity index (χ2n) is 5.70. The van der Waals surface area contributed by atoms with Crippen LogP contribution in [-0.4, -0.2) is 22.4 Å². The molecular formula is C18H13N3O5S. The van der Waals surface area contributed by atoms with Crippen LogP contribution in [0, 0.1) is 10.1 Å². The fourth-order valence-corrected chi connectivity index (χ4v) is 3.31. The number of anilines is 1. The zero-order chi connectivity index (χ0) is 18.8. The Kier molecular flexibility index (Phi) is 4.43. The van der Waals surface area contributed by atoms with E-state index in [2.05, 4.69) is 10.3 Å². The summed E-state index contributed by atoms with van der Waals surface area (Å²) in [4.78, 5) is 26.8. The number of carbonyl (C=O) groups is 1. The molecule has 8 nitrogen and oxygen atoms in total. The number of hydrogen-bond donors (Lipinski definition) is 1. The van der Waals surface area contributed by atoms with E-state index < -0.39 is 10.8 Å². The summed E-state index contributed by atoms with van der Waals surface area (Å²) in [7, 11) is 0. The number of nitrogens with zero attached hydrogens (tertiary/aromatic N) is 2. The van der Waals surface area contributed by atoms with E-state index in [4.69, 9.17) is 9.47 Å². The van der Waals surface area contributed by atoms with Crippen molar-refractivity contribution < 1.29 is 19.2 Å². The first-order valence-corrected chi connectivity index (χ1v) is 8.88. The molecule has 3 aromatic rings. The lowest BCUT2D eigenvalue weighted by atomic mass is 10.2. The molecule has 1 aliphatic heterocycles. The van der Waals surface area contributed by atoms with Gasteiger partial charge in [0.05, 0.1) is 10.6 Å². The van der Waals surface area contributed by atoms with Crippen molar-refractivity contribution in [2.24, 2.45) is 0 Å². The summed E-state index contributed by atoms with van der Waals surface area (Å²) in [6.07, 6.45) is -0.360. The number of nitro groups is 1. The number of rotatable bonds is 4. The number of non-ortho nitro benzene ring substituents is 1. The average molecular weight is 383 g/mol. The molecule has 0 radical (unpaired) electrons. The molecule has 4 rings (SSSR count).